The van der Waals surface area contributed by atoms with Crippen LogP contribution in [0.4, 0.5) is 11.4 Å². The standard InChI is InChI=1S/C25H28N2O5S/c1-17-12-18(2)14-20(13-17)27(16-25(28)26-22-9-7-6-8-19(22)3)33(29,30)21-10-11-23(31-4)24(15-21)32-5/h6-15H,16H2,1-5H3,(H,26,28). The van der Waals surface area contributed by atoms with Crippen LogP contribution < -0.4 is 19.1 Å². The summed E-state index contributed by atoms with van der Waals surface area (Å²) in [6, 6.07) is 17.1. The lowest BCUT2D eigenvalue weighted by molar-refractivity contribution is -0.114. The van der Waals surface area contributed by atoms with E-state index in [2.05, 4.69) is 5.32 Å². The Labute approximate surface area is 195 Å². The molecule has 0 radical (unpaired) electrons. The highest BCUT2D eigenvalue weighted by molar-refractivity contribution is 7.92. The normalized spacial score (nSPS) is 11.1. The number of hydrogen-bond acceptors (Lipinski definition) is 5. The molecule has 0 fully saturated rings. The Morgan fingerprint density at radius 1 is 0.879 bits per heavy atom. The number of benzene rings is 3. The number of carbonyl (C=O) groups excluding carboxylic acids is 1. The number of hydrogen-bond donors (Lipinski definition) is 1. The lowest BCUT2D eigenvalue weighted by Crippen LogP contribution is -2.38. The Kier molecular flexibility index (Phi) is 7.28. The summed E-state index contributed by atoms with van der Waals surface area (Å²) < 4.78 is 39.1. The van der Waals surface area contributed by atoms with E-state index in [1.165, 1.54) is 32.4 Å². The van der Waals surface area contributed by atoms with Gasteiger partial charge in [0.1, 0.15) is 6.54 Å². The molecule has 0 heterocycles. The van der Waals surface area contributed by atoms with Gasteiger partial charge in [-0.3, -0.25) is 9.10 Å². The molecule has 0 bridgehead atoms. The summed E-state index contributed by atoms with van der Waals surface area (Å²) in [5.74, 6) is 0.238. The van der Waals surface area contributed by atoms with Crippen LogP contribution in [0.2, 0.25) is 0 Å². The molecule has 3 rings (SSSR count). The topological polar surface area (TPSA) is 84.9 Å². The van der Waals surface area contributed by atoms with Crippen molar-refractivity contribution in [1.82, 2.24) is 0 Å². The fourth-order valence-electron chi connectivity index (χ4n) is 3.55. The maximum absolute atomic E-state index is 13.7. The third-order valence-electron chi connectivity index (χ3n) is 5.14. The van der Waals surface area contributed by atoms with Crippen LogP contribution in [0.3, 0.4) is 0 Å². The zero-order valence-corrected chi connectivity index (χ0v) is 20.2. The molecule has 0 saturated heterocycles. The number of nitrogens with one attached hydrogen (secondary N) is 1. The van der Waals surface area contributed by atoms with E-state index in [0.29, 0.717) is 17.1 Å². The van der Waals surface area contributed by atoms with E-state index in [4.69, 9.17) is 9.47 Å². The van der Waals surface area contributed by atoms with Crippen molar-refractivity contribution in [3.63, 3.8) is 0 Å². The first-order valence-electron chi connectivity index (χ1n) is 10.3. The molecule has 0 saturated carbocycles. The first-order valence-corrected chi connectivity index (χ1v) is 11.8. The zero-order valence-electron chi connectivity index (χ0n) is 19.4. The number of nitrogens with zero attached hydrogens (tertiary/aromatic N) is 1. The van der Waals surface area contributed by atoms with Crippen LogP contribution in [0, 0.1) is 20.8 Å². The summed E-state index contributed by atoms with van der Waals surface area (Å²) in [6.45, 7) is 5.24. The molecular formula is C25H28N2O5S. The number of carbonyl (C=O) groups is 1. The number of ether oxygens (including phenoxy) is 2. The molecule has 0 aliphatic rings. The molecule has 8 heteroatoms. The Morgan fingerprint density at radius 3 is 2.12 bits per heavy atom. The Bertz CT molecular complexity index is 1250. The van der Waals surface area contributed by atoms with E-state index in [0.717, 1.165) is 21.0 Å². The fraction of sp³-hybridized carbons (Fsp3) is 0.240. The van der Waals surface area contributed by atoms with Crippen molar-refractivity contribution in [2.45, 2.75) is 25.7 Å². The number of methoxy groups -OCH3 is 2. The van der Waals surface area contributed by atoms with Crippen molar-refractivity contribution in [3.8, 4) is 11.5 Å². The molecule has 3 aromatic carbocycles. The predicted molar refractivity (Wildman–Crippen MR) is 130 cm³/mol. The lowest BCUT2D eigenvalue weighted by Gasteiger charge is -2.25. The van der Waals surface area contributed by atoms with Crippen LogP contribution in [-0.4, -0.2) is 35.1 Å². The second-order valence-corrected chi connectivity index (χ2v) is 9.60. The third-order valence-corrected chi connectivity index (χ3v) is 6.91. The van der Waals surface area contributed by atoms with Gasteiger partial charge in [0.2, 0.25) is 5.91 Å². The smallest absolute Gasteiger partial charge is 0.264 e. The number of para-hydroxylation sites is 1. The molecule has 0 aromatic heterocycles. The summed E-state index contributed by atoms with van der Waals surface area (Å²) in [7, 11) is -1.19. The summed E-state index contributed by atoms with van der Waals surface area (Å²) in [6.07, 6.45) is 0. The lowest BCUT2D eigenvalue weighted by atomic mass is 10.1. The molecule has 3 aromatic rings. The minimum atomic E-state index is -4.11. The van der Waals surface area contributed by atoms with Crippen molar-refractivity contribution in [3.05, 3.63) is 77.4 Å². The first-order chi connectivity index (χ1) is 15.6. The van der Waals surface area contributed by atoms with Gasteiger partial charge in [0.15, 0.2) is 11.5 Å². The number of aryl methyl sites for hydroxylation is 3. The SMILES string of the molecule is COc1ccc(S(=O)(=O)N(CC(=O)Nc2ccccc2C)c2cc(C)cc(C)c2)cc1OC. The van der Waals surface area contributed by atoms with E-state index in [9.17, 15) is 13.2 Å². The average molecular weight is 469 g/mol. The highest BCUT2D eigenvalue weighted by Gasteiger charge is 2.29. The first kappa shape index (κ1) is 24.1. The Morgan fingerprint density at radius 2 is 1.52 bits per heavy atom. The second kappa shape index (κ2) is 9.95. The fourth-order valence-corrected chi connectivity index (χ4v) is 4.97. The van der Waals surface area contributed by atoms with Crippen LogP contribution >= 0.6 is 0 Å². The highest BCUT2D eigenvalue weighted by Crippen LogP contribution is 2.32. The van der Waals surface area contributed by atoms with E-state index >= 15 is 0 Å². The third kappa shape index (κ3) is 5.46. The summed E-state index contributed by atoms with van der Waals surface area (Å²) in [5.41, 5.74) is 3.69. The van der Waals surface area contributed by atoms with E-state index in [-0.39, 0.29) is 10.6 Å². The minimum absolute atomic E-state index is 0.0111. The number of rotatable bonds is 8. The largest absolute Gasteiger partial charge is 0.493 e. The van der Waals surface area contributed by atoms with Gasteiger partial charge in [-0.15, -0.1) is 0 Å². The summed E-state index contributed by atoms with van der Waals surface area (Å²) in [5, 5.41) is 2.81. The van der Waals surface area contributed by atoms with Gasteiger partial charge >= 0.3 is 0 Å². The van der Waals surface area contributed by atoms with Gasteiger partial charge in [-0.1, -0.05) is 24.3 Å². The Hall–Kier alpha value is -3.52. The molecule has 0 unspecified atom stereocenters. The van der Waals surface area contributed by atoms with Crippen LogP contribution in [0.25, 0.3) is 0 Å². The van der Waals surface area contributed by atoms with Crippen molar-refractivity contribution in [1.29, 1.82) is 0 Å². The van der Waals surface area contributed by atoms with Crippen molar-refractivity contribution >= 4 is 27.3 Å². The van der Waals surface area contributed by atoms with Crippen LogP contribution in [0.5, 0.6) is 11.5 Å². The van der Waals surface area contributed by atoms with Crippen molar-refractivity contribution in [2.75, 3.05) is 30.4 Å². The van der Waals surface area contributed by atoms with Gasteiger partial charge in [0, 0.05) is 11.8 Å². The quantitative estimate of drug-likeness (QED) is 0.528. The monoisotopic (exact) mass is 468 g/mol. The molecule has 1 N–H and O–H groups in total. The van der Waals surface area contributed by atoms with Crippen molar-refractivity contribution < 1.29 is 22.7 Å². The molecular weight excluding hydrogens is 440 g/mol. The van der Waals surface area contributed by atoms with Crippen molar-refractivity contribution in [2.24, 2.45) is 0 Å². The van der Waals surface area contributed by atoms with Crippen LogP contribution in [-0.2, 0) is 14.8 Å². The number of sulfonamides is 1. The molecule has 0 aliphatic heterocycles. The summed E-state index contributed by atoms with van der Waals surface area (Å²) >= 11 is 0. The van der Waals surface area contributed by atoms with E-state index < -0.39 is 22.5 Å². The minimum Gasteiger partial charge on any atom is -0.493 e. The Balaban J connectivity index is 2.05. The molecule has 7 nitrogen and oxygen atoms in total. The maximum Gasteiger partial charge on any atom is 0.264 e. The van der Waals surface area contributed by atoms with Crippen LogP contribution in [0.15, 0.2) is 65.6 Å². The molecule has 174 valence electrons. The van der Waals surface area contributed by atoms with Crippen LogP contribution in [0.1, 0.15) is 16.7 Å². The molecule has 0 aliphatic carbocycles. The van der Waals surface area contributed by atoms with E-state index in [1.807, 2.05) is 45.0 Å². The molecule has 33 heavy (non-hydrogen) atoms. The van der Waals surface area contributed by atoms with Gasteiger partial charge in [0.05, 0.1) is 24.8 Å². The second-order valence-electron chi connectivity index (χ2n) is 7.74. The maximum atomic E-state index is 13.7. The van der Waals surface area contributed by atoms with Gasteiger partial charge < -0.3 is 14.8 Å². The number of amides is 1. The van der Waals surface area contributed by atoms with Gasteiger partial charge in [0.25, 0.3) is 10.0 Å². The van der Waals surface area contributed by atoms with E-state index in [1.54, 1.807) is 18.2 Å². The zero-order chi connectivity index (χ0) is 24.2. The summed E-state index contributed by atoms with van der Waals surface area (Å²) in [4.78, 5) is 12.9. The molecule has 0 atom stereocenters. The number of anilines is 2. The van der Waals surface area contributed by atoms with Gasteiger partial charge in [-0.25, -0.2) is 8.42 Å². The average Bonchev–Trinajstić information content (AvgIpc) is 2.77. The molecule has 0 spiro atoms. The molecule has 1 amide bonds. The predicted octanol–water partition coefficient (Wildman–Crippen LogP) is 4.46. The van der Waals surface area contributed by atoms with Gasteiger partial charge in [-0.05, 0) is 67.8 Å². The van der Waals surface area contributed by atoms with Gasteiger partial charge in [-0.2, -0.15) is 0 Å². The highest BCUT2D eigenvalue weighted by atomic mass is 32.2.